The molecule has 2 fully saturated rings. The minimum absolute atomic E-state index is 0.0726. The van der Waals surface area contributed by atoms with Crippen molar-refractivity contribution in [1.29, 1.82) is 0 Å². The van der Waals surface area contributed by atoms with E-state index < -0.39 is 40.0 Å². The van der Waals surface area contributed by atoms with Gasteiger partial charge in [-0.3, -0.25) is 14.5 Å². The van der Waals surface area contributed by atoms with E-state index in [9.17, 15) is 22.8 Å². The maximum atomic E-state index is 12.8. The van der Waals surface area contributed by atoms with Gasteiger partial charge in [-0.2, -0.15) is 4.31 Å². The summed E-state index contributed by atoms with van der Waals surface area (Å²) in [6.07, 6.45) is 1.74. The van der Waals surface area contributed by atoms with Gasteiger partial charge in [-0.1, -0.05) is 19.9 Å². The normalized spacial score (nSPS) is 21.8. The molecule has 1 aliphatic carbocycles. The first kappa shape index (κ1) is 22.2. The van der Waals surface area contributed by atoms with Gasteiger partial charge in [0, 0.05) is 18.8 Å². The molecule has 0 radical (unpaired) electrons. The zero-order valence-corrected chi connectivity index (χ0v) is 18.5. The molecule has 1 saturated heterocycles. The van der Waals surface area contributed by atoms with Crippen LogP contribution in [0, 0.1) is 12.8 Å². The Kier molecular flexibility index (Phi) is 5.92. The molecular weight excluding hydrogens is 408 g/mol. The van der Waals surface area contributed by atoms with Crippen molar-refractivity contribution in [2.75, 3.05) is 25.0 Å². The molecule has 1 aliphatic heterocycles. The van der Waals surface area contributed by atoms with Crippen molar-refractivity contribution in [1.82, 2.24) is 14.5 Å². The molecule has 1 unspecified atom stereocenters. The summed E-state index contributed by atoms with van der Waals surface area (Å²) in [5, 5.41) is 5.34. The highest BCUT2D eigenvalue weighted by molar-refractivity contribution is 7.89. The third kappa shape index (κ3) is 3.93. The number of nitrogens with zero attached hydrogens (tertiary/aromatic N) is 2. The van der Waals surface area contributed by atoms with Gasteiger partial charge in [-0.15, -0.1) is 0 Å². The van der Waals surface area contributed by atoms with E-state index in [4.69, 9.17) is 0 Å². The number of benzene rings is 1. The molecule has 1 atom stereocenters. The molecule has 4 amide bonds. The molecule has 1 aromatic rings. The minimum atomic E-state index is -3.68. The molecule has 2 aliphatic rings. The predicted molar refractivity (Wildman–Crippen MR) is 111 cm³/mol. The van der Waals surface area contributed by atoms with Crippen molar-refractivity contribution in [3.63, 3.8) is 0 Å². The lowest BCUT2D eigenvalue weighted by molar-refractivity contribution is -0.134. The Bertz CT molecular complexity index is 985. The number of hydrogen-bond acceptors (Lipinski definition) is 5. The third-order valence-corrected chi connectivity index (χ3v) is 7.87. The predicted octanol–water partition coefficient (Wildman–Crippen LogP) is 1.68. The lowest BCUT2D eigenvalue weighted by Gasteiger charge is -2.21. The fourth-order valence-electron chi connectivity index (χ4n) is 3.74. The first-order valence-corrected chi connectivity index (χ1v) is 11.5. The number of aryl methyl sites for hydroxylation is 1. The first-order chi connectivity index (χ1) is 14.0. The summed E-state index contributed by atoms with van der Waals surface area (Å²) >= 11 is 0. The number of urea groups is 1. The van der Waals surface area contributed by atoms with E-state index in [1.165, 1.54) is 16.4 Å². The zero-order chi connectivity index (χ0) is 22.3. The lowest BCUT2D eigenvalue weighted by atomic mass is 9.96. The number of carbonyl (C=O) groups excluding carboxylic acids is 3. The van der Waals surface area contributed by atoms with Crippen LogP contribution in [0.3, 0.4) is 0 Å². The van der Waals surface area contributed by atoms with Crippen molar-refractivity contribution in [2.24, 2.45) is 5.92 Å². The minimum Gasteiger partial charge on any atom is -0.324 e. The molecule has 0 spiro atoms. The quantitative estimate of drug-likeness (QED) is 0.602. The molecule has 1 saturated carbocycles. The van der Waals surface area contributed by atoms with E-state index in [0.717, 1.165) is 17.7 Å². The van der Waals surface area contributed by atoms with Crippen LogP contribution in [0.15, 0.2) is 23.1 Å². The van der Waals surface area contributed by atoms with Gasteiger partial charge < -0.3 is 10.6 Å². The van der Waals surface area contributed by atoms with Crippen LogP contribution in [0.25, 0.3) is 0 Å². The SMILES string of the molecule is CCN(CC)S(=O)(=O)c1ccc(C)c(NC(=O)CN2C(=O)NC(C)(C3CC3)C2=O)c1. The molecule has 164 valence electrons. The molecular formula is C20H28N4O5S. The number of amides is 4. The fourth-order valence-corrected chi connectivity index (χ4v) is 5.22. The van der Waals surface area contributed by atoms with Crippen LogP contribution >= 0.6 is 0 Å². The van der Waals surface area contributed by atoms with Crippen LogP contribution in [0.5, 0.6) is 0 Å². The Balaban J connectivity index is 1.76. The van der Waals surface area contributed by atoms with E-state index >= 15 is 0 Å². The van der Waals surface area contributed by atoms with Gasteiger partial charge in [-0.25, -0.2) is 13.2 Å². The molecule has 10 heteroatoms. The summed E-state index contributed by atoms with van der Waals surface area (Å²) in [7, 11) is -3.68. The Morgan fingerprint density at radius 1 is 1.27 bits per heavy atom. The van der Waals surface area contributed by atoms with Gasteiger partial charge in [0.1, 0.15) is 12.1 Å². The van der Waals surface area contributed by atoms with Crippen LogP contribution in [0.1, 0.15) is 39.2 Å². The molecule has 2 N–H and O–H groups in total. The highest BCUT2D eigenvalue weighted by atomic mass is 32.2. The average Bonchev–Trinajstić information content (AvgIpc) is 3.50. The number of nitrogens with one attached hydrogen (secondary N) is 2. The Morgan fingerprint density at radius 3 is 2.47 bits per heavy atom. The average molecular weight is 437 g/mol. The van der Waals surface area contributed by atoms with Gasteiger partial charge in [0.05, 0.1) is 4.90 Å². The molecule has 1 aromatic carbocycles. The second kappa shape index (κ2) is 7.99. The molecule has 9 nitrogen and oxygen atoms in total. The molecule has 3 rings (SSSR count). The van der Waals surface area contributed by atoms with Crippen LogP contribution in [0.2, 0.25) is 0 Å². The van der Waals surface area contributed by atoms with Gasteiger partial charge >= 0.3 is 6.03 Å². The van der Waals surface area contributed by atoms with E-state index in [-0.39, 0.29) is 10.8 Å². The molecule has 30 heavy (non-hydrogen) atoms. The maximum Gasteiger partial charge on any atom is 0.325 e. The first-order valence-electron chi connectivity index (χ1n) is 10.1. The zero-order valence-electron chi connectivity index (χ0n) is 17.7. The maximum absolute atomic E-state index is 12.8. The van der Waals surface area contributed by atoms with Crippen molar-refractivity contribution in [2.45, 2.75) is 51.0 Å². The van der Waals surface area contributed by atoms with Gasteiger partial charge in [-0.05, 0) is 50.3 Å². The van der Waals surface area contributed by atoms with Gasteiger partial charge in [0.15, 0.2) is 0 Å². The van der Waals surface area contributed by atoms with E-state index in [2.05, 4.69) is 10.6 Å². The van der Waals surface area contributed by atoms with Crippen LogP contribution in [-0.2, 0) is 19.6 Å². The number of hydrogen-bond donors (Lipinski definition) is 2. The Morgan fingerprint density at radius 2 is 1.90 bits per heavy atom. The standard InChI is InChI=1S/C20H28N4O5S/c1-5-23(6-2)30(28,29)15-10-7-13(3)16(11-15)21-17(25)12-24-18(26)20(4,14-8-9-14)22-19(24)27/h7,10-11,14H,5-6,8-9,12H2,1-4H3,(H,21,25)(H,22,27). The highest BCUT2D eigenvalue weighted by Crippen LogP contribution is 2.42. The Hall–Kier alpha value is -2.46. The van der Waals surface area contributed by atoms with E-state index in [1.54, 1.807) is 33.8 Å². The van der Waals surface area contributed by atoms with E-state index in [1.807, 2.05) is 0 Å². The van der Waals surface area contributed by atoms with Crippen molar-refractivity contribution < 1.29 is 22.8 Å². The topological polar surface area (TPSA) is 116 Å². The van der Waals surface area contributed by atoms with E-state index in [0.29, 0.717) is 24.3 Å². The summed E-state index contributed by atoms with van der Waals surface area (Å²) in [6.45, 7) is 7.17. The summed E-state index contributed by atoms with van der Waals surface area (Å²) < 4.78 is 26.8. The van der Waals surface area contributed by atoms with Crippen LogP contribution in [-0.4, -0.2) is 60.6 Å². The lowest BCUT2D eigenvalue weighted by Crippen LogP contribution is -2.46. The fraction of sp³-hybridized carbons (Fsp3) is 0.550. The van der Waals surface area contributed by atoms with Crippen molar-refractivity contribution in [3.8, 4) is 0 Å². The molecule has 0 aromatic heterocycles. The van der Waals surface area contributed by atoms with Gasteiger partial charge in [0.2, 0.25) is 15.9 Å². The number of carbonyl (C=O) groups is 3. The van der Waals surface area contributed by atoms with Crippen LogP contribution in [0.4, 0.5) is 10.5 Å². The molecule has 0 bridgehead atoms. The number of imide groups is 1. The van der Waals surface area contributed by atoms with Crippen molar-refractivity contribution in [3.05, 3.63) is 23.8 Å². The van der Waals surface area contributed by atoms with Gasteiger partial charge in [0.25, 0.3) is 5.91 Å². The smallest absolute Gasteiger partial charge is 0.324 e. The highest BCUT2D eigenvalue weighted by Gasteiger charge is 2.56. The second-order valence-electron chi connectivity index (χ2n) is 7.91. The monoisotopic (exact) mass is 436 g/mol. The summed E-state index contributed by atoms with van der Waals surface area (Å²) in [6, 6.07) is 3.93. The number of rotatable bonds is 8. The largest absolute Gasteiger partial charge is 0.325 e. The number of anilines is 1. The molecule has 1 heterocycles. The van der Waals surface area contributed by atoms with Crippen molar-refractivity contribution >= 4 is 33.6 Å². The number of sulfonamides is 1. The van der Waals surface area contributed by atoms with Crippen LogP contribution < -0.4 is 10.6 Å². The summed E-state index contributed by atoms with van der Waals surface area (Å²) in [5.41, 5.74) is 0.0394. The third-order valence-electron chi connectivity index (χ3n) is 5.82. The Labute approximate surface area is 176 Å². The summed E-state index contributed by atoms with van der Waals surface area (Å²) in [5.74, 6) is -0.870. The summed E-state index contributed by atoms with van der Waals surface area (Å²) in [4.78, 5) is 38.5. The second-order valence-corrected chi connectivity index (χ2v) is 9.85.